The number of hydrogen-bond donors (Lipinski definition) is 0. The molecule has 1 aliphatic carbocycles. The van der Waals surface area contributed by atoms with E-state index in [1.54, 1.807) is 0 Å². The summed E-state index contributed by atoms with van der Waals surface area (Å²) in [6, 6.07) is 57.5. The van der Waals surface area contributed by atoms with E-state index in [-0.39, 0.29) is 5.41 Å². The van der Waals surface area contributed by atoms with Gasteiger partial charge in [-0.25, -0.2) is 0 Å². The van der Waals surface area contributed by atoms with Gasteiger partial charge in [0.2, 0.25) is 0 Å². The molecule has 0 spiro atoms. The van der Waals surface area contributed by atoms with Gasteiger partial charge in [-0.3, -0.25) is 0 Å². The highest BCUT2D eigenvalue weighted by molar-refractivity contribution is 6.24. The summed E-state index contributed by atoms with van der Waals surface area (Å²) in [5, 5.41) is 5.03. The molecule has 7 aromatic carbocycles. The molecule has 0 aliphatic heterocycles. The number of hydrogen-bond acceptors (Lipinski definition) is 1. The van der Waals surface area contributed by atoms with E-state index in [2.05, 4.69) is 181 Å². The van der Waals surface area contributed by atoms with Gasteiger partial charge in [0.05, 0.1) is 16.7 Å². The summed E-state index contributed by atoms with van der Waals surface area (Å²) in [5.74, 6) is 0. The first-order chi connectivity index (χ1) is 22.1. The van der Waals surface area contributed by atoms with Crippen molar-refractivity contribution in [2.75, 3.05) is 4.90 Å². The number of rotatable bonds is 4. The Balaban J connectivity index is 1.39. The Morgan fingerprint density at radius 1 is 0.467 bits per heavy atom. The lowest BCUT2D eigenvalue weighted by molar-refractivity contribution is 0.660. The zero-order valence-corrected chi connectivity index (χ0v) is 25.4. The number of benzene rings is 7. The average molecular weight is 577 g/mol. The lowest BCUT2D eigenvalue weighted by atomic mass is 9.82. The Kier molecular flexibility index (Phi) is 5.58. The summed E-state index contributed by atoms with van der Waals surface area (Å²) in [6.07, 6.45) is 0. The van der Waals surface area contributed by atoms with E-state index >= 15 is 0 Å². The van der Waals surface area contributed by atoms with E-state index in [1.165, 1.54) is 60.5 Å². The molecule has 0 fully saturated rings. The number of anilines is 3. The molecular formula is C43H32N2. The first kappa shape index (κ1) is 25.9. The minimum atomic E-state index is -0.0273. The monoisotopic (exact) mass is 576 g/mol. The van der Waals surface area contributed by atoms with E-state index in [0.717, 1.165) is 17.1 Å². The van der Waals surface area contributed by atoms with Crippen LogP contribution in [0.25, 0.3) is 49.4 Å². The highest BCUT2D eigenvalue weighted by Crippen LogP contribution is 2.50. The third-order valence-corrected chi connectivity index (χ3v) is 9.75. The lowest BCUT2D eigenvalue weighted by Gasteiger charge is -2.27. The SMILES string of the molecule is CC1(C)c2ccccc2-c2cc(-n3c4ccccc4c4c5ccccc5c(N(c5ccccc5)c5ccccc5)cc43)ccc21. The molecule has 45 heavy (non-hydrogen) atoms. The summed E-state index contributed by atoms with van der Waals surface area (Å²) in [4.78, 5) is 2.39. The third kappa shape index (κ3) is 3.76. The van der Waals surface area contributed by atoms with Crippen LogP contribution >= 0.6 is 0 Å². The maximum Gasteiger partial charge on any atom is 0.0568 e. The van der Waals surface area contributed by atoms with Crippen molar-refractivity contribution < 1.29 is 0 Å². The predicted octanol–water partition coefficient (Wildman–Crippen LogP) is 11.7. The number of fused-ring (bicyclic) bond motifs is 8. The molecule has 8 aromatic rings. The molecule has 0 atom stereocenters. The van der Waals surface area contributed by atoms with Gasteiger partial charge in [0, 0.05) is 38.6 Å². The predicted molar refractivity (Wildman–Crippen MR) is 191 cm³/mol. The van der Waals surface area contributed by atoms with Gasteiger partial charge in [-0.05, 0) is 76.2 Å². The first-order valence-corrected chi connectivity index (χ1v) is 15.7. The average Bonchev–Trinajstić information content (AvgIpc) is 3.54. The molecule has 2 heteroatoms. The molecule has 9 rings (SSSR count). The quantitative estimate of drug-likeness (QED) is 0.202. The minimum Gasteiger partial charge on any atom is -0.310 e. The lowest BCUT2D eigenvalue weighted by Crippen LogP contribution is -2.14. The van der Waals surface area contributed by atoms with E-state index in [9.17, 15) is 0 Å². The summed E-state index contributed by atoms with van der Waals surface area (Å²) in [7, 11) is 0. The van der Waals surface area contributed by atoms with E-state index in [0.29, 0.717) is 0 Å². The van der Waals surface area contributed by atoms with Crippen LogP contribution in [0.15, 0.2) is 158 Å². The summed E-state index contributed by atoms with van der Waals surface area (Å²) >= 11 is 0. The van der Waals surface area contributed by atoms with Gasteiger partial charge < -0.3 is 9.47 Å². The Morgan fingerprint density at radius 3 is 1.78 bits per heavy atom. The van der Waals surface area contributed by atoms with Crippen molar-refractivity contribution in [2.45, 2.75) is 19.3 Å². The smallest absolute Gasteiger partial charge is 0.0568 e. The van der Waals surface area contributed by atoms with Crippen LogP contribution in [0, 0.1) is 0 Å². The van der Waals surface area contributed by atoms with Gasteiger partial charge in [-0.2, -0.15) is 0 Å². The second kappa shape index (κ2) is 9.70. The minimum absolute atomic E-state index is 0.0273. The molecular weight excluding hydrogens is 544 g/mol. The largest absolute Gasteiger partial charge is 0.310 e. The fraction of sp³-hybridized carbons (Fsp3) is 0.0698. The van der Waals surface area contributed by atoms with Gasteiger partial charge in [0.25, 0.3) is 0 Å². The number of aromatic nitrogens is 1. The fourth-order valence-corrected chi connectivity index (χ4v) is 7.70. The Hall–Kier alpha value is -5.60. The molecule has 0 amide bonds. The third-order valence-electron chi connectivity index (χ3n) is 9.75. The van der Waals surface area contributed by atoms with Crippen LogP contribution in [-0.2, 0) is 5.41 Å². The molecule has 2 nitrogen and oxygen atoms in total. The second-order valence-corrected chi connectivity index (χ2v) is 12.6. The van der Waals surface area contributed by atoms with Crippen LogP contribution in [0.1, 0.15) is 25.0 Å². The van der Waals surface area contributed by atoms with Crippen LogP contribution in [0.3, 0.4) is 0 Å². The molecule has 0 bridgehead atoms. The molecule has 0 N–H and O–H groups in total. The maximum absolute atomic E-state index is 2.48. The molecule has 0 saturated carbocycles. The Bertz CT molecular complexity index is 2360. The van der Waals surface area contributed by atoms with Crippen LogP contribution in [0.5, 0.6) is 0 Å². The zero-order valence-electron chi connectivity index (χ0n) is 25.4. The molecule has 0 unspecified atom stereocenters. The molecule has 1 aliphatic rings. The Morgan fingerprint density at radius 2 is 1.04 bits per heavy atom. The van der Waals surface area contributed by atoms with Crippen LogP contribution in [0.2, 0.25) is 0 Å². The molecule has 1 heterocycles. The van der Waals surface area contributed by atoms with Crippen molar-refractivity contribution in [3.05, 3.63) is 169 Å². The molecule has 0 radical (unpaired) electrons. The van der Waals surface area contributed by atoms with Gasteiger partial charge in [0.1, 0.15) is 0 Å². The van der Waals surface area contributed by atoms with Gasteiger partial charge in [0.15, 0.2) is 0 Å². The van der Waals surface area contributed by atoms with Crippen molar-refractivity contribution in [1.29, 1.82) is 0 Å². The van der Waals surface area contributed by atoms with E-state index < -0.39 is 0 Å². The molecule has 214 valence electrons. The topological polar surface area (TPSA) is 8.17 Å². The highest BCUT2D eigenvalue weighted by Gasteiger charge is 2.35. The van der Waals surface area contributed by atoms with Crippen molar-refractivity contribution in [2.24, 2.45) is 0 Å². The Labute approximate surface area is 263 Å². The van der Waals surface area contributed by atoms with E-state index in [4.69, 9.17) is 0 Å². The van der Waals surface area contributed by atoms with Crippen molar-refractivity contribution >= 4 is 49.6 Å². The fourth-order valence-electron chi connectivity index (χ4n) is 7.70. The van der Waals surface area contributed by atoms with Crippen molar-refractivity contribution in [3.63, 3.8) is 0 Å². The van der Waals surface area contributed by atoms with Crippen molar-refractivity contribution in [3.8, 4) is 16.8 Å². The van der Waals surface area contributed by atoms with Crippen molar-refractivity contribution in [1.82, 2.24) is 4.57 Å². The first-order valence-electron chi connectivity index (χ1n) is 15.7. The van der Waals surface area contributed by atoms with Gasteiger partial charge >= 0.3 is 0 Å². The number of para-hydroxylation sites is 3. The van der Waals surface area contributed by atoms with E-state index in [1.807, 2.05) is 0 Å². The molecule has 1 aromatic heterocycles. The number of nitrogens with zero attached hydrogens (tertiary/aromatic N) is 2. The van der Waals surface area contributed by atoms with Crippen LogP contribution in [0.4, 0.5) is 17.1 Å². The van der Waals surface area contributed by atoms with Crippen LogP contribution < -0.4 is 4.90 Å². The zero-order chi connectivity index (χ0) is 30.1. The van der Waals surface area contributed by atoms with Crippen LogP contribution in [-0.4, -0.2) is 4.57 Å². The molecule has 0 saturated heterocycles. The standard InChI is InChI=1S/C43H32N2/c1-43(2)37-23-13-11-19-32(37)36-27-31(25-26-38(36)43)45-39-24-14-12-22-35(39)42-34-21-10-9-20-33(34)40(28-41(42)45)44(29-15-5-3-6-16-29)30-17-7-4-8-18-30/h3-28H,1-2H3. The van der Waals surface area contributed by atoms with Gasteiger partial charge in [-0.15, -0.1) is 0 Å². The maximum atomic E-state index is 2.48. The highest BCUT2D eigenvalue weighted by atomic mass is 15.1. The summed E-state index contributed by atoms with van der Waals surface area (Å²) in [6.45, 7) is 4.69. The van der Waals surface area contributed by atoms with Gasteiger partial charge in [-0.1, -0.05) is 123 Å². The summed E-state index contributed by atoms with van der Waals surface area (Å²) < 4.78 is 2.48. The normalized spacial score (nSPS) is 13.3. The summed E-state index contributed by atoms with van der Waals surface area (Å²) in [5.41, 5.74) is 12.4. The second-order valence-electron chi connectivity index (χ2n) is 12.6.